The van der Waals surface area contributed by atoms with Gasteiger partial charge >= 0.3 is 0 Å². The Labute approximate surface area is 157 Å². The van der Waals surface area contributed by atoms with Gasteiger partial charge in [0.05, 0.1) is 6.20 Å². The maximum Gasteiger partial charge on any atom is 0.249 e. The van der Waals surface area contributed by atoms with Crippen LogP contribution in [0.15, 0.2) is 48.7 Å². The Morgan fingerprint density at radius 1 is 1.04 bits per heavy atom. The molecule has 0 unspecified atom stereocenters. The third kappa shape index (κ3) is 4.00. The first-order chi connectivity index (χ1) is 13.2. The molecule has 0 atom stereocenters. The molecule has 0 saturated carbocycles. The highest BCUT2D eigenvalue weighted by molar-refractivity contribution is 5.59. The SMILES string of the molecule is CN(C)c1ccc(Nc2nncc(NCc3ccc4c(c3)OCO4)n2)cc1. The molecule has 2 N–H and O–H groups in total. The second kappa shape index (κ2) is 7.36. The van der Waals surface area contributed by atoms with Gasteiger partial charge in [0.25, 0.3) is 0 Å². The second-order valence-corrected chi connectivity index (χ2v) is 6.27. The number of nitrogens with zero attached hydrogens (tertiary/aromatic N) is 4. The molecule has 8 heteroatoms. The van der Waals surface area contributed by atoms with Crippen molar-refractivity contribution in [3.05, 3.63) is 54.2 Å². The topological polar surface area (TPSA) is 84.4 Å². The van der Waals surface area contributed by atoms with Crippen LogP contribution in [0.1, 0.15) is 5.56 Å². The molecule has 0 spiro atoms. The number of benzene rings is 2. The molecule has 3 aromatic rings. The molecule has 2 heterocycles. The third-order valence-corrected chi connectivity index (χ3v) is 4.11. The predicted octanol–water partition coefficient (Wildman–Crippen LogP) is 3.02. The van der Waals surface area contributed by atoms with Crippen LogP contribution in [0, 0.1) is 0 Å². The van der Waals surface area contributed by atoms with E-state index in [0.29, 0.717) is 18.3 Å². The smallest absolute Gasteiger partial charge is 0.249 e. The lowest BCUT2D eigenvalue weighted by Crippen LogP contribution is -2.08. The first-order valence-electron chi connectivity index (χ1n) is 8.54. The van der Waals surface area contributed by atoms with E-state index >= 15 is 0 Å². The van der Waals surface area contributed by atoms with Crippen molar-refractivity contribution < 1.29 is 9.47 Å². The summed E-state index contributed by atoms with van der Waals surface area (Å²) >= 11 is 0. The van der Waals surface area contributed by atoms with Crippen molar-refractivity contribution in [1.29, 1.82) is 0 Å². The molecule has 1 aliphatic heterocycles. The molecule has 1 aliphatic rings. The van der Waals surface area contributed by atoms with Crippen molar-refractivity contribution in [1.82, 2.24) is 15.2 Å². The van der Waals surface area contributed by atoms with Crippen molar-refractivity contribution in [2.24, 2.45) is 0 Å². The number of anilines is 4. The molecule has 27 heavy (non-hydrogen) atoms. The molecular formula is C19H20N6O2. The fourth-order valence-corrected chi connectivity index (χ4v) is 2.66. The third-order valence-electron chi connectivity index (χ3n) is 4.11. The van der Waals surface area contributed by atoms with Crippen LogP contribution < -0.4 is 25.0 Å². The van der Waals surface area contributed by atoms with Gasteiger partial charge in [0.2, 0.25) is 12.7 Å². The lowest BCUT2D eigenvalue weighted by Gasteiger charge is -2.13. The number of hydrogen-bond acceptors (Lipinski definition) is 8. The molecule has 1 aromatic heterocycles. The summed E-state index contributed by atoms with van der Waals surface area (Å²) in [4.78, 5) is 6.50. The van der Waals surface area contributed by atoms with Gasteiger partial charge in [-0.2, -0.15) is 10.1 Å². The van der Waals surface area contributed by atoms with Crippen LogP contribution in [0.4, 0.5) is 23.1 Å². The summed E-state index contributed by atoms with van der Waals surface area (Å²) in [6.07, 6.45) is 1.59. The van der Waals surface area contributed by atoms with Gasteiger partial charge in [0.15, 0.2) is 17.3 Å². The van der Waals surface area contributed by atoms with Crippen LogP contribution in [0.5, 0.6) is 11.5 Å². The molecule has 8 nitrogen and oxygen atoms in total. The van der Waals surface area contributed by atoms with Crippen LogP contribution in [0.25, 0.3) is 0 Å². The number of fused-ring (bicyclic) bond motifs is 1. The molecule has 0 radical (unpaired) electrons. The Kier molecular flexibility index (Phi) is 4.61. The van der Waals surface area contributed by atoms with Gasteiger partial charge in [0.1, 0.15) is 0 Å². The van der Waals surface area contributed by atoms with Gasteiger partial charge in [0, 0.05) is 32.0 Å². The standard InChI is InChI=1S/C19H20N6O2/c1-25(2)15-6-4-14(5-7-15)22-19-23-18(11-21-24-19)20-10-13-3-8-16-17(9-13)27-12-26-16/h3-9,11H,10,12H2,1-2H3,(H2,20,22,23,24). The monoisotopic (exact) mass is 364 g/mol. The van der Waals surface area contributed by atoms with E-state index in [4.69, 9.17) is 9.47 Å². The Balaban J connectivity index is 1.40. The minimum absolute atomic E-state index is 0.270. The summed E-state index contributed by atoms with van der Waals surface area (Å²) in [5, 5.41) is 14.5. The average Bonchev–Trinajstić information content (AvgIpc) is 3.15. The van der Waals surface area contributed by atoms with Crippen molar-refractivity contribution >= 4 is 23.1 Å². The number of aromatic nitrogens is 3. The van der Waals surface area contributed by atoms with E-state index in [1.165, 1.54) is 0 Å². The summed E-state index contributed by atoms with van der Waals surface area (Å²) < 4.78 is 10.7. The van der Waals surface area contributed by atoms with Crippen LogP contribution in [-0.4, -0.2) is 36.1 Å². The van der Waals surface area contributed by atoms with E-state index in [-0.39, 0.29) is 6.79 Å². The Hall–Kier alpha value is -3.55. The Bertz CT molecular complexity index is 930. The number of rotatable bonds is 6. The molecule has 0 aliphatic carbocycles. The number of nitrogens with one attached hydrogen (secondary N) is 2. The molecule has 0 amide bonds. The van der Waals surface area contributed by atoms with Crippen LogP contribution >= 0.6 is 0 Å². The predicted molar refractivity (Wildman–Crippen MR) is 104 cm³/mol. The molecule has 2 aromatic carbocycles. The normalized spacial score (nSPS) is 11.9. The molecule has 138 valence electrons. The van der Waals surface area contributed by atoms with Crippen molar-refractivity contribution in [3.8, 4) is 11.5 Å². The van der Waals surface area contributed by atoms with Gasteiger partial charge in [-0.1, -0.05) is 6.07 Å². The van der Waals surface area contributed by atoms with Gasteiger partial charge in [-0.15, -0.1) is 5.10 Å². The van der Waals surface area contributed by atoms with E-state index in [2.05, 4.69) is 25.8 Å². The molecular weight excluding hydrogens is 344 g/mol. The quantitative estimate of drug-likeness (QED) is 0.690. The second-order valence-electron chi connectivity index (χ2n) is 6.27. The summed E-state index contributed by atoms with van der Waals surface area (Å²) in [5.41, 5.74) is 3.08. The van der Waals surface area contributed by atoms with Crippen LogP contribution in [-0.2, 0) is 6.54 Å². The molecule has 0 fully saturated rings. The Morgan fingerprint density at radius 3 is 2.67 bits per heavy atom. The van der Waals surface area contributed by atoms with E-state index in [1.807, 2.05) is 61.5 Å². The highest BCUT2D eigenvalue weighted by Crippen LogP contribution is 2.32. The van der Waals surface area contributed by atoms with Gasteiger partial charge < -0.3 is 25.0 Å². The van der Waals surface area contributed by atoms with Crippen molar-refractivity contribution in [2.45, 2.75) is 6.54 Å². The number of ether oxygens (including phenoxy) is 2. The van der Waals surface area contributed by atoms with E-state index < -0.39 is 0 Å². The van der Waals surface area contributed by atoms with Gasteiger partial charge in [-0.05, 0) is 42.0 Å². The molecule has 4 rings (SSSR count). The first kappa shape index (κ1) is 16.9. The maximum absolute atomic E-state index is 5.40. The van der Waals surface area contributed by atoms with Gasteiger partial charge in [-0.3, -0.25) is 0 Å². The Morgan fingerprint density at radius 2 is 1.85 bits per heavy atom. The summed E-state index contributed by atoms with van der Waals surface area (Å²) in [6.45, 7) is 0.860. The fraction of sp³-hybridized carbons (Fsp3) is 0.211. The lowest BCUT2D eigenvalue weighted by molar-refractivity contribution is 0.174. The summed E-state index contributed by atoms with van der Waals surface area (Å²) in [6, 6.07) is 13.9. The lowest BCUT2D eigenvalue weighted by atomic mass is 10.2. The van der Waals surface area contributed by atoms with Crippen molar-refractivity contribution in [2.75, 3.05) is 36.4 Å². The van der Waals surface area contributed by atoms with E-state index in [0.717, 1.165) is 28.4 Å². The molecule has 0 bridgehead atoms. The largest absolute Gasteiger partial charge is 0.454 e. The minimum Gasteiger partial charge on any atom is -0.454 e. The molecule has 0 saturated heterocycles. The highest BCUT2D eigenvalue weighted by atomic mass is 16.7. The van der Waals surface area contributed by atoms with Crippen LogP contribution in [0.3, 0.4) is 0 Å². The van der Waals surface area contributed by atoms with Gasteiger partial charge in [-0.25, -0.2) is 0 Å². The zero-order chi connectivity index (χ0) is 18.6. The average molecular weight is 364 g/mol. The summed E-state index contributed by atoms with van der Waals surface area (Å²) in [5.74, 6) is 2.60. The maximum atomic E-state index is 5.40. The number of hydrogen-bond donors (Lipinski definition) is 2. The van der Waals surface area contributed by atoms with E-state index in [1.54, 1.807) is 6.20 Å². The van der Waals surface area contributed by atoms with E-state index in [9.17, 15) is 0 Å². The van der Waals surface area contributed by atoms with Crippen LogP contribution in [0.2, 0.25) is 0 Å². The zero-order valence-electron chi connectivity index (χ0n) is 15.1. The first-order valence-corrected chi connectivity index (χ1v) is 8.54. The fourth-order valence-electron chi connectivity index (χ4n) is 2.66. The summed E-state index contributed by atoms with van der Waals surface area (Å²) in [7, 11) is 4.01. The zero-order valence-corrected chi connectivity index (χ0v) is 15.1. The van der Waals surface area contributed by atoms with Crippen molar-refractivity contribution in [3.63, 3.8) is 0 Å². The highest BCUT2D eigenvalue weighted by Gasteiger charge is 2.13. The minimum atomic E-state index is 0.270.